The van der Waals surface area contributed by atoms with Crippen LogP contribution >= 0.6 is 35.0 Å². The summed E-state index contributed by atoms with van der Waals surface area (Å²) in [5.41, 5.74) is 0. The van der Waals surface area contributed by atoms with E-state index < -0.39 is 5.76 Å². The van der Waals surface area contributed by atoms with E-state index in [1.165, 1.54) is 18.2 Å². The molecule has 0 nitrogen and oxygen atoms in total. The average Bonchev–Trinajstić information content (AvgIpc) is 1.96. The molecule has 0 saturated heterocycles. The lowest BCUT2D eigenvalue weighted by Crippen LogP contribution is -1.81. The first kappa shape index (κ1) is 10.1. The second-order valence-corrected chi connectivity index (χ2v) is 3.83. The van der Waals surface area contributed by atoms with Crippen molar-refractivity contribution >= 4 is 35.0 Å². The van der Waals surface area contributed by atoms with Crippen molar-refractivity contribution in [2.75, 3.05) is 0 Å². The van der Waals surface area contributed by atoms with E-state index in [4.69, 9.17) is 23.2 Å². The highest BCUT2D eigenvalue weighted by Gasteiger charge is 2.06. The summed E-state index contributed by atoms with van der Waals surface area (Å²) in [5, 5.41) is 0.664. The Hall–Kier alpha value is 0.01000. The van der Waals surface area contributed by atoms with Gasteiger partial charge in [0, 0.05) is 4.90 Å². The second-order valence-electron chi connectivity index (χ2n) is 1.95. The van der Waals surface area contributed by atoms with Crippen LogP contribution in [-0.2, 0) is 0 Å². The van der Waals surface area contributed by atoms with Gasteiger partial charge in [-0.3, -0.25) is 0 Å². The molecule has 0 unspecified atom stereocenters. The Balaban J connectivity index is 2.82. The normalized spacial score (nSPS) is 10.8. The fraction of sp³-hybridized carbons (Fsp3) is 0.143. The van der Waals surface area contributed by atoms with Crippen LogP contribution in [0.4, 0.5) is 8.78 Å². The minimum Gasteiger partial charge on any atom is -0.198 e. The monoisotopic (exact) mass is 228 g/mol. The van der Waals surface area contributed by atoms with E-state index in [0.717, 1.165) is 0 Å². The third kappa shape index (κ3) is 2.81. The molecular formula is C7H4Cl2F2S. The molecule has 0 saturated carbocycles. The molecule has 0 N–H and O–H groups in total. The minimum atomic E-state index is -2.43. The SMILES string of the molecule is FC(F)Sc1ccc(Cl)c(Cl)c1. The van der Waals surface area contributed by atoms with Gasteiger partial charge in [0.15, 0.2) is 0 Å². The quantitative estimate of drug-likeness (QED) is 0.681. The lowest BCUT2D eigenvalue weighted by atomic mass is 10.4. The minimum absolute atomic E-state index is 0.294. The van der Waals surface area contributed by atoms with E-state index in [1.807, 2.05) is 0 Å². The summed E-state index contributed by atoms with van der Waals surface area (Å²) in [6.07, 6.45) is 0. The molecule has 0 radical (unpaired) electrons. The first-order valence-corrected chi connectivity index (χ1v) is 4.63. The van der Waals surface area contributed by atoms with Gasteiger partial charge in [0.25, 0.3) is 5.76 Å². The number of thioether (sulfide) groups is 1. The summed E-state index contributed by atoms with van der Waals surface area (Å²) in [5.74, 6) is -2.43. The molecule has 0 atom stereocenters. The molecule has 12 heavy (non-hydrogen) atoms. The van der Waals surface area contributed by atoms with Gasteiger partial charge >= 0.3 is 0 Å². The van der Waals surface area contributed by atoms with E-state index >= 15 is 0 Å². The molecule has 1 aromatic rings. The Kier molecular flexibility index (Phi) is 3.62. The van der Waals surface area contributed by atoms with Crippen molar-refractivity contribution in [3.05, 3.63) is 28.2 Å². The highest BCUT2D eigenvalue weighted by Crippen LogP contribution is 2.30. The molecule has 0 aromatic heterocycles. The lowest BCUT2D eigenvalue weighted by molar-refractivity contribution is 0.252. The van der Waals surface area contributed by atoms with E-state index in [9.17, 15) is 8.78 Å². The lowest BCUT2D eigenvalue weighted by Gasteiger charge is -2.00. The van der Waals surface area contributed by atoms with Crippen LogP contribution < -0.4 is 0 Å². The molecule has 0 spiro atoms. The van der Waals surface area contributed by atoms with Crippen LogP contribution in [0.15, 0.2) is 23.1 Å². The van der Waals surface area contributed by atoms with Gasteiger partial charge in [0.05, 0.1) is 10.0 Å². The van der Waals surface area contributed by atoms with Gasteiger partial charge in [-0.1, -0.05) is 35.0 Å². The zero-order chi connectivity index (χ0) is 9.14. The van der Waals surface area contributed by atoms with Crippen LogP contribution in [0.25, 0.3) is 0 Å². The van der Waals surface area contributed by atoms with Crippen molar-refractivity contribution < 1.29 is 8.78 Å². The summed E-state index contributed by atoms with van der Waals surface area (Å²) in [6, 6.07) is 4.42. The molecule has 0 amide bonds. The van der Waals surface area contributed by atoms with Gasteiger partial charge in [-0.05, 0) is 18.2 Å². The van der Waals surface area contributed by atoms with E-state index in [1.54, 1.807) is 0 Å². The molecule has 66 valence electrons. The molecular weight excluding hydrogens is 225 g/mol. The Labute approximate surface area is 82.9 Å². The molecule has 5 heteroatoms. The summed E-state index contributed by atoms with van der Waals surface area (Å²) >= 11 is 11.6. The van der Waals surface area contributed by atoms with Crippen LogP contribution in [0.1, 0.15) is 0 Å². The van der Waals surface area contributed by atoms with Crippen molar-refractivity contribution in [1.82, 2.24) is 0 Å². The summed E-state index contributed by atoms with van der Waals surface area (Å²) in [4.78, 5) is 0.416. The van der Waals surface area contributed by atoms with Crippen LogP contribution in [-0.4, -0.2) is 5.76 Å². The Morgan fingerprint density at radius 3 is 2.33 bits per heavy atom. The van der Waals surface area contributed by atoms with Crippen molar-refractivity contribution in [2.24, 2.45) is 0 Å². The smallest absolute Gasteiger partial charge is 0.198 e. The van der Waals surface area contributed by atoms with Gasteiger partial charge in [-0.25, -0.2) is 0 Å². The Morgan fingerprint density at radius 2 is 1.83 bits per heavy atom. The molecule has 0 aliphatic rings. The standard InChI is InChI=1S/C7H4Cl2F2S/c8-5-2-1-4(3-6(5)9)12-7(10)11/h1-3,7H. The molecule has 0 heterocycles. The highest BCUT2D eigenvalue weighted by molar-refractivity contribution is 7.99. The molecule has 0 bridgehead atoms. The second kappa shape index (κ2) is 4.30. The fourth-order valence-corrected chi connectivity index (χ4v) is 1.55. The van der Waals surface area contributed by atoms with Crippen molar-refractivity contribution in [2.45, 2.75) is 10.7 Å². The van der Waals surface area contributed by atoms with Crippen LogP contribution in [0, 0.1) is 0 Å². The topological polar surface area (TPSA) is 0 Å². The maximum absolute atomic E-state index is 11.8. The number of benzene rings is 1. The number of alkyl halides is 2. The van der Waals surface area contributed by atoms with Crippen molar-refractivity contribution in [1.29, 1.82) is 0 Å². The fourth-order valence-electron chi connectivity index (χ4n) is 0.653. The molecule has 1 rings (SSSR count). The molecule has 1 aromatic carbocycles. The Bertz CT molecular complexity index is 278. The van der Waals surface area contributed by atoms with E-state index in [0.29, 0.717) is 26.7 Å². The average molecular weight is 229 g/mol. The number of rotatable bonds is 2. The van der Waals surface area contributed by atoms with Crippen molar-refractivity contribution in [3.8, 4) is 0 Å². The van der Waals surface area contributed by atoms with Crippen LogP contribution in [0.2, 0.25) is 10.0 Å². The van der Waals surface area contributed by atoms with E-state index in [-0.39, 0.29) is 0 Å². The molecule has 0 aliphatic carbocycles. The van der Waals surface area contributed by atoms with Gasteiger partial charge < -0.3 is 0 Å². The van der Waals surface area contributed by atoms with Gasteiger partial charge in [0.1, 0.15) is 0 Å². The number of hydrogen-bond donors (Lipinski definition) is 0. The molecule has 0 fully saturated rings. The predicted octanol–water partition coefficient (Wildman–Crippen LogP) is 4.31. The predicted molar refractivity (Wildman–Crippen MR) is 48.3 cm³/mol. The maximum Gasteiger partial charge on any atom is 0.288 e. The third-order valence-electron chi connectivity index (χ3n) is 1.12. The zero-order valence-electron chi connectivity index (χ0n) is 5.73. The highest BCUT2D eigenvalue weighted by atomic mass is 35.5. The van der Waals surface area contributed by atoms with Crippen LogP contribution in [0.5, 0.6) is 0 Å². The first-order chi connectivity index (χ1) is 5.59. The van der Waals surface area contributed by atoms with Crippen LogP contribution in [0.3, 0.4) is 0 Å². The van der Waals surface area contributed by atoms with Gasteiger partial charge in [-0.15, -0.1) is 0 Å². The zero-order valence-corrected chi connectivity index (χ0v) is 8.06. The largest absolute Gasteiger partial charge is 0.288 e. The third-order valence-corrected chi connectivity index (χ3v) is 2.56. The maximum atomic E-state index is 11.8. The van der Waals surface area contributed by atoms with Crippen molar-refractivity contribution in [3.63, 3.8) is 0 Å². The van der Waals surface area contributed by atoms with Gasteiger partial charge in [-0.2, -0.15) is 8.78 Å². The van der Waals surface area contributed by atoms with Gasteiger partial charge in [0.2, 0.25) is 0 Å². The Morgan fingerprint density at radius 1 is 1.17 bits per heavy atom. The van der Waals surface area contributed by atoms with E-state index in [2.05, 4.69) is 0 Å². The summed E-state index contributed by atoms with van der Waals surface area (Å²) in [7, 11) is 0. The summed E-state index contributed by atoms with van der Waals surface area (Å²) in [6.45, 7) is 0. The number of hydrogen-bond acceptors (Lipinski definition) is 1. The summed E-state index contributed by atoms with van der Waals surface area (Å²) < 4.78 is 23.7. The number of halogens is 4. The molecule has 0 aliphatic heterocycles. The first-order valence-electron chi connectivity index (χ1n) is 2.99.